The van der Waals surface area contributed by atoms with Crippen LogP contribution in [0.2, 0.25) is 10.2 Å². The van der Waals surface area contributed by atoms with Gasteiger partial charge in [-0.1, -0.05) is 47.1 Å². The third-order valence-corrected chi connectivity index (χ3v) is 3.54. The second kappa shape index (κ2) is 7.98. The van der Waals surface area contributed by atoms with Crippen LogP contribution in [-0.4, -0.2) is 33.0 Å². The van der Waals surface area contributed by atoms with Crippen LogP contribution < -0.4 is 5.43 Å². The average Bonchev–Trinajstić information content (AvgIpc) is 2.47. The highest BCUT2D eigenvalue weighted by Gasteiger charge is 2.06. The summed E-state index contributed by atoms with van der Waals surface area (Å²) in [4.78, 5) is 18.6. The van der Waals surface area contributed by atoms with Crippen molar-refractivity contribution in [1.29, 1.82) is 0 Å². The van der Waals surface area contributed by atoms with Crippen LogP contribution in [0.3, 0.4) is 0 Å². The molecule has 0 saturated carbocycles. The van der Waals surface area contributed by atoms with Gasteiger partial charge in [-0.3, -0.25) is 10.2 Å². The molecule has 114 valence electrons. The monoisotopic (exact) mass is 356 g/mol. The van der Waals surface area contributed by atoms with Crippen LogP contribution in [-0.2, 0) is 4.79 Å². The van der Waals surface area contributed by atoms with Gasteiger partial charge >= 0.3 is 5.97 Å². The van der Waals surface area contributed by atoms with E-state index in [9.17, 15) is 4.79 Å². The van der Waals surface area contributed by atoms with Gasteiger partial charge in [0.05, 0.1) is 12.0 Å². The van der Waals surface area contributed by atoms with Crippen LogP contribution in [0.25, 0.3) is 0 Å². The minimum Gasteiger partial charge on any atom is -0.481 e. The summed E-state index contributed by atoms with van der Waals surface area (Å²) in [6, 6.07) is 8.63. The van der Waals surface area contributed by atoms with Gasteiger partial charge in [-0.25, -0.2) is 9.97 Å². The molecule has 0 bridgehead atoms. The summed E-state index contributed by atoms with van der Waals surface area (Å²) in [7, 11) is 0. The fourth-order valence-electron chi connectivity index (χ4n) is 1.37. The Hall–Kier alpha value is -1.83. The highest BCUT2D eigenvalue weighted by atomic mass is 35.5. The molecule has 2 rings (SSSR count). The molecule has 0 atom stereocenters. The fourth-order valence-corrected chi connectivity index (χ4v) is 2.30. The summed E-state index contributed by atoms with van der Waals surface area (Å²) >= 11 is 12.6. The number of aromatic nitrogens is 2. The molecule has 2 N–H and O–H groups in total. The number of carbonyl (C=O) groups is 1. The summed E-state index contributed by atoms with van der Waals surface area (Å²) in [6.45, 7) is 0. The minimum atomic E-state index is -0.955. The van der Waals surface area contributed by atoms with E-state index < -0.39 is 5.97 Å². The first kappa shape index (κ1) is 16.5. The number of anilines is 1. The Labute approximate surface area is 140 Å². The van der Waals surface area contributed by atoms with E-state index in [2.05, 4.69) is 20.5 Å². The molecule has 0 radical (unpaired) electrons. The summed E-state index contributed by atoms with van der Waals surface area (Å²) in [5, 5.41) is 13.8. The van der Waals surface area contributed by atoms with Crippen LogP contribution in [0.1, 0.15) is 5.56 Å². The standard InChI is InChI=1S/C13H10Cl2N4O2S/c14-9-3-1-8(2-4-9)6-16-19-11-5-10(15)17-13(18-11)22-7-12(20)21/h1-6H,7H2,(H,20,21)(H,17,18,19)/b16-6+. The summed E-state index contributed by atoms with van der Waals surface area (Å²) < 4.78 is 0. The van der Waals surface area contributed by atoms with E-state index in [0.717, 1.165) is 17.3 Å². The zero-order valence-corrected chi connectivity index (χ0v) is 13.4. The zero-order valence-electron chi connectivity index (χ0n) is 11.0. The van der Waals surface area contributed by atoms with E-state index in [-0.39, 0.29) is 16.1 Å². The Morgan fingerprint density at radius 1 is 1.32 bits per heavy atom. The molecule has 9 heteroatoms. The van der Waals surface area contributed by atoms with Gasteiger partial charge in [0, 0.05) is 11.1 Å². The number of nitrogens with one attached hydrogen (secondary N) is 1. The first-order valence-corrected chi connectivity index (χ1v) is 7.71. The maximum absolute atomic E-state index is 10.5. The van der Waals surface area contributed by atoms with Crippen LogP contribution in [0.15, 0.2) is 40.6 Å². The SMILES string of the molecule is O=C(O)CSc1nc(Cl)cc(N/N=C/c2ccc(Cl)cc2)n1. The maximum atomic E-state index is 10.5. The molecule has 1 aromatic heterocycles. The van der Waals surface area contributed by atoms with E-state index in [0.29, 0.717) is 10.8 Å². The number of benzene rings is 1. The third kappa shape index (κ3) is 5.51. The number of hydrazone groups is 1. The van der Waals surface area contributed by atoms with E-state index in [1.165, 1.54) is 6.07 Å². The summed E-state index contributed by atoms with van der Waals surface area (Å²) in [5.41, 5.74) is 3.58. The summed E-state index contributed by atoms with van der Waals surface area (Å²) in [6.07, 6.45) is 1.59. The molecule has 0 fully saturated rings. The van der Waals surface area contributed by atoms with Crippen molar-refractivity contribution in [3.05, 3.63) is 46.1 Å². The number of rotatable bonds is 6. The second-order valence-electron chi connectivity index (χ2n) is 3.96. The van der Waals surface area contributed by atoms with Gasteiger partial charge in [0.2, 0.25) is 0 Å². The quantitative estimate of drug-likeness (QED) is 0.271. The highest BCUT2D eigenvalue weighted by Crippen LogP contribution is 2.19. The van der Waals surface area contributed by atoms with Crippen molar-refractivity contribution in [3.8, 4) is 0 Å². The van der Waals surface area contributed by atoms with E-state index in [4.69, 9.17) is 28.3 Å². The lowest BCUT2D eigenvalue weighted by molar-refractivity contribution is -0.133. The Morgan fingerprint density at radius 2 is 2.05 bits per heavy atom. The topological polar surface area (TPSA) is 87.5 Å². The van der Waals surface area contributed by atoms with Crippen molar-refractivity contribution in [3.63, 3.8) is 0 Å². The first-order valence-electron chi connectivity index (χ1n) is 5.97. The third-order valence-electron chi connectivity index (χ3n) is 2.26. The van der Waals surface area contributed by atoms with Gasteiger partial charge in [0.25, 0.3) is 0 Å². The number of hydrogen-bond acceptors (Lipinski definition) is 6. The Morgan fingerprint density at radius 3 is 2.73 bits per heavy atom. The molecule has 1 heterocycles. The average molecular weight is 357 g/mol. The lowest BCUT2D eigenvalue weighted by Gasteiger charge is -2.03. The Kier molecular flexibility index (Phi) is 6.00. The summed E-state index contributed by atoms with van der Waals surface area (Å²) in [5.74, 6) is -0.727. The van der Waals surface area contributed by atoms with Gasteiger partial charge in [-0.05, 0) is 17.7 Å². The van der Waals surface area contributed by atoms with Gasteiger partial charge in [-0.15, -0.1) is 0 Å². The van der Waals surface area contributed by atoms with Crippen LogP contribution in [0, 0.1) is 0 Å². The lowest BCUT2D eigenvalue weighted by Crippen LogP contribution is -2.01. The van der Waals surface area contributed by atoms with Crippen LogP contribution in [0.4, 0.5) is 5.82 Å². The zero-order chi connectivity index (χ0) is 15.9. The molecule has 0 saturated heterocycles. The predicted octanol–water partition coefficient (Wildman–Crippen LogP) is 3.41. The molecule has 0 aliphatic heterocycles. The fraction of sp³-hybridized carbons (Fsp3) is 0.0769. The number of carboxylic acids is 1. The molecule has 0 amide bonds. The van der Waals surface area contributed by atoms with E-state index in [1.807, 2.05) is 12.1 Å². The Balaban J connectivity index is 2.02. The smallest absolute Gasteiger partial charge is 0.313 e. The molecule has 0 spiro atoms. The van der Waals surface area contributed by atoms with Gasteiger partial charge < -0.3 is 5.11 Å². The predicted molar refractivity (Wildman–Crippen MR) is 88.1 cm³/mol. The molecule has 2 aromatic rings. The van der Waals surface area contributed by atoms with Crippen LogP contribution in [0.5, 0.6) is 0 Å². The van der Waals surface area contributed by atoms with E-state index in [1.54, 1.807) is 18.3 Å². The van der Waals surface area contributed by atoms with Crippen LogP contribution >= 0.6 is 35.0 Å². The number of hydrogen-bond donors (Lipinski definition) is 2. The molecule has 1 aromatic carbocycles. The highest BCUT2D eigenvalue weighted by molar-refractivity contribution is 7.99. The molecule has 22 heavy (non-hydrogen) atoms. The van der Waals surface area contributed by atoms with Crippen molar-refractivity contribution >= 4 is 53.0 Å². The minimum absolute atomic E-state index is 0.145. The normalized spacial score (nSPS) is 10.8. The number of aliphatic carboxylic acids is 1. The maximum Gasteiger partial charge on any atom is 0.313 e. The number of nitrogens with zero attached hydrogens (tertiary/aromatic N) is 3. The van der Waals surface area contributed by atoms with Crippen molar-refractivity contribution in [2.45, 2.75) is 5.16 Å². The van der Waals surface area contributed by atoms with Crippen molar-refractivity contribution < 1.29 is 9.90 Å². The van der Waals surface area contributed by atoms with E-state index >= 15 is 0 Å². The van der Waals surface area contributed by atoms with Gasteiger partial charge in [0.1, 0.15) is 5.15 Å². The molecule has 0 aliphatic rings. The first-order chi connectivity index (χ1) is 10.5. The number of thioether (sulfide) groups is 1. The van der Waals surface area contributed by atoms with Gasteiger partial charge in [0.15, 0.2) is 11.0 Å². The molecular formula is C13H10Cl2N4O2S. The molecule has 0 aliphatic carbocycles. The molecule has 6 nitrogen and oxygen atoms in total. The lowest BCUT2D eigenvalue weighted by atomic mass is 10.2. The largest absolute Gasteiger partial charge is 0.481 e. The van der Waals surface area contributed by atoms with Crippen molar-refractivity contribution in [1.82, 2.24) is 9.97 Å². The molecule has 0 unspecified atom stereocenters. The number of carboxylic acid groups (broad SMARTS) is 1. The van der Waals surface area contributed by atoms with Gasteiger partial charge in [-0.2, -0.15) is 5.10 Å². The number of halogens is 2. The Bertz CT molecular complexity index is 695. The van der Waals surface area contributed by atoms with Crippen molar-refractivity contribution in [2.24, 2.45) is 5.10 Å². The second-order valence-corrected chi connectivity index (χ2v) is 5.73. The molecular weight excluding hydrogens is 347 g/mol. The van der Waals surface area contributed by atoms with Crippen molar-refractivity contribution in [2.75, 3.05) is 11.2 Å².